The summed E-state index contributed by atoms with van der Waals surface area (Å²) in [6.45, 7) is 4.77. The first kappa shape index (κ1) is 23.0. The van der Waals surface area contributed by atoms with E-state index in [1.54, 1.807) is 17.0 Å². The molecular formula is C25H23N7O4S+2. The molecule has 2 atom stereocenters. The average molecular weight is 518 g/mol. The smallest absolute Gasteiger partial charge is 0.493 e. The first-order valence-electron chi connectivity index (χ1n) is 11.8. The van der Waals surface area contributed by atoms with Crippen molar-refractivity contribution in [2.75, 3.05) is 11.5 Å². The van der Waals surface area contributed by atoms with Crippen molar-refractivity contribution in [2.24, 2.45) is 5.92 Å². The molecule has 6 rings (SSSR count). The Morgan fingerprint density at radius 3 is 2.38 bits per heavy atom. The van der Waals surface area contributed by atoms with E-state index in [4.69, 9.17) is 9.72 Å². The zero-order valence-corrected chi connectivity index (χ0v) is 20.9. The van der Waals surface area contributed by atoms with Gasteiger partial charge in [0.05, 0.1) is 36.9 Å². The van der Waals surface area contributed by atoms with Crippen molar-refractivity contribution in [3.05, 3.63) is 63.9 Å². The number of carbonyl (C=O) groups excluding carboxylic acids is 1. The van der Waals surface area contributed by atoms with Gasteiger partial charge in [-0.25, -0.2) is 9.71 Å². The van der Waals surface area contributed by atoms with Crippen LogP contribution < -0.4 is 14.4 Å². The summed E-state index contributed by atoms with van der Waals surface area (Å²) in [5.74, 6) is 0.578. The minimum atomic E-state index is -4.17. The van der Waals surface area contributed by atoms with Crippen molar-refractivity contribution >= 4 is 21.7 Å². The van der Waals surface area contributed by atoms with Gasteiger partial charge >= 0.3 is 23.5 Å². The van der Waals surface area contributed by atoms with Gasteiger partial charge in [-0.1, -0.05) is 13.8 Å². The third kappa shape index (κ3) is 4.05. The number of H-pyrrole nitrogens is 1. The van der Waals surface area contributed by atoms with Gasteiger partial charge in [0.1, 0.15) is 5.75 Å². The van der Waals surface area contributed by atoms with E-state index >= 15 is 0 Å². The lowest BCUT2D eigenvalue weighted by Gasteiger charge is -2.19. The number of anilines is 1. The Bertz CT molecular complexity index is 1590. The summed E-state index contributed by atoms with van der Waals surface area (Å²) in [7, 11) is -4.17. The molecule has 0 radical (unpaired) electrons. The number of benzene rings is 1. The van der Waals surface area contributed by atoms with Crippen LogP contribution >= 0.6 is 0 Å². The maximum Gasteiger partial charge on any atom is 0.493 e. The lowest BCUT2D eigenvalue weighted by Crippen LogP contribution is -2.45. The van der Waals surface area contributed by atoms with Crippen LogP contribution in [0, 0.1) is 18.1 Å². The second kappa shape index (κ2) is 8.05. The summed E-state index contributed by atoms with van der Waals surface area (Å²) in [6.07, 6.45) is 2.58. The Balaban J connectivity index is 1.37. The largest absolute Gasteiger partial charge is 0.493 e. The number of aromatic amines is 1. The highest BCUT2D eigenvalue weighted by molar-refractivity contribution is 7.90. The molecule has 3 aliphatic heterocycles. The van der Waals surface area contributed by atoms with E-state index in [0.717, 1.165) is 11.3 Å². The van der Waals surface area contributed by atoms with Crippen molar-refractivity contribution in [2.45, 2.75) is 43.0 Å². The minimum Gasteiger partial charge on any atom is -0.493 e. The molecule has 11 nitrogen and oxygen atoms in total. The molecule has 37 heavy (non-hydrogen) atoms. The van der Waals surface area contributed by atoms with Crippen LogP contribution in [0.1, 0.15) is 37.0 Å². The molecule has 0 unspecified atom stereocenters. The second-order valence-corrected chi connectivity index (χ2v) is 11.2. The van der Waals surface area contributed by atoms with E-state index in [9.17, 15) is 13.2 Å². The van der Waals surface area contributed by atoms with Crippen LogP contribution in [0.4, 0.5) is 5.82 Å². The Morgan fingerprint density at radius 2 is 1.81 bits per heavy atom. The summed E-state index contributed by atoms with van der Waals surface area (Å²) in [4.78, 5) is 28.6. The van der Waals surface area contributed by atoms with Crippen LogP contribution in [0.15, 0.2) is 53.7 Å². The van der Waals surface area contributed by atoms with Gasteiger partial charge in [-0.2, -0.15) is 18.4 Å². The zero-order valence-electron chi connectivity index (χ0n) is 20.1. The van der Waals surface area contributed by atoms with E-state index in [-0.39, 0.29) is 16.4 Å². The SMILES string of the molecule is CC(C)COc1ccc(-c2ccc(C(=O)NS(=O)(=O)c3ccn[nH]3)c(N3[C@@]4(C#[N+]4)CC[C@@]34C#[N+]4)n2)cc1. The quantitative estimate of drug-likeness (QED) is 0.469. The van der Waals surface area contributed by atoms with Gasteiger partial charge in [-0.15, -0.1) is 0 Å². The van der Waals surface area contributed by atoms with Gasteiger partial charge in [-0.3, -0.25) is 9.89 Å². The van der Waals surface area contributed by atoms with E-state index in [2.05, 4.69) is 50.6 Å². The number of aromatic nitrogens is 3. The van der Waals surface area contributed by atoms with Crippen molar-refractivity contribution < 1.29 is 17.9 Å². The number of pyridine rings is 1. The van der Waals surface area contributed by atoms with Crippen LogP contribution in [0.2, 0.25) is 0 Å². The Kier molecular flexibility index (Phi) is 5.00. The number of rotatable bonds is 8. The number of amides is 1. The molecular weight excluding hydrogens is 494 g/mol. The number of sulfonamides is 1. The highest BCUT2D eigenvalue weighted by Gasteiger charge is 2.84. The molecule has 0 saturated carbocycles. The molecule has 12 heteroatoms. The summed E-state index contributed by atoms with van der Waals surface area (Å²) in [5.41, 5.74) is -0.0533. The van der Waals surface area contributed by atoms with Crippen molar-refractivity contribution in [3.8, 4) is 29.1 Å². The molecule has 1 saturated heterocycles. The first-order valence-corrected chi connectivity index (χ1v) is 13.3. The number of ether oxygens (including phenoxy) is 1. The maximum atomic E-state index is 13.3. The Hall–Kier alpha value is -4.42. The molecule has 5 heterocycles. The maximum absolute atomic E-state index is 13.3. The van der Waals surface area contributed by atoms with E-state index in [1.165, 1.54) is 12.3 Å². The lowest BCUT2D eigenvalue weighted by molar-refractivity contribution is 0.0981. The second-order valence-electron chi connectivity index (χ2n) is 9.57. The fraction of sp³-hybridized carbons (Fsp3) is 0.320. The van der Waals surface area contributed by atoms with Gasteiger partial charge in [-0.05, 0) is 58.1 Å². The molecule has 2 aromatic heterocycles. The van der Waals surface area contributed by atoms with Crippen LogP contribution in [0.3, 0.4) is 0 Å². The standard InChI is InChI=1S/C25H22N7O4S/c1-16(2)13-36-18-5-3-17(4-6-18)20-8-7-19(23(33)31-37(34,35)21-9-12-28-30-21)22(29-20)32-24(14-26-24)10-11-25(32)15-27-25/h3-9,12,16H,10-11,13H2,1-2H3,(H-,28,30,31,33)/q+1/p+1/t24-,25+. The topological polar surface area (TPSA) is 126 Å². The predicted molar refractivity (Wildman–Crippen MR) is 135 cm³/mol. The van der Waals surface area contributed by atoms with Gasteiger partial charge in [0.15, 0.2) is 10.8 Å². The molecule has 0 bridgehead atoms. The fourth-order valence-corrected chi connectivity index (χ4v) is 5.22. The fourth-order valence-electron chi connectivity index (χ4n) is 4.35. The zero-order chi connectivity index (χ0) is 25.8. The van der Waals surface area contributed by atoms with Gasteiger partial charge < -0.3 is 4.74 Å². The van der Waals surface area contributed by atoms with Crippen molar-refractivity contribution in [3.63, 3.8) is 0 Å². The van der Waals surface area contributed by atoms with Crippen molar-refractivity contribution in [1.82, 2.24) is 19.9 Å². The first-order chi connectivity index (χ1) is 17.7. The lowest BCUT2D eigenvalue weighted by atomic mass is 10.1. The monoisotopic (exact) mass is 517 g/mol. The van der Waals surface area contributed by atoms with Crippen LogP contribution in [0.25, 0.3) is 20.9 Å². The number of nitrogens with zero attached hydrogens (tertiary/aromatic N) is 5. The molecule has 2 spiro atoms. The molecule has 0 aliphatic carbocycles. The third-order valence-electron chi connectivity index (χ3n) is 6.36. The molecule has 2 N–H and O–H groups in total. The summed E-state index contributed by atoms with van der Waals surface area (Å²) >= 11 is 0. The Morgan fingerprint density at radius 1 is 1.14 bits per heavy atom. The van der Waals surface area contributed by atoms with Crippen LogP contribution in [-0.2, 0) is 10.0 Å². The Labute approximate surface area is 213 Å². The summed E-state index contributed by atoms with van der Waals surface area (Å²) < 4.78 is 33.3. The highest BCUT2D eigenvalue weighted by Crippen LogP contribution is 2.54. The molecule has 1 amide bonds. The van der Waals surface area contributed by atoms with Gasteiger partial charge in [0, 0.05) is 5.56 Å². The number of hydrogen-bond acceptors (Lipinski definition) is 7. The van der Waals surface area contributed by atoms with Gasteiger partial charge in [0.2, 0.25) is 0 Å². The molecule has 1 aromatic carbocycles. The molecule has 3 aliphatic rings. The third-order valence-corrected chi connectivity index (χ3v) is 7.62. The predicted octanol–water partition coefficient (Wildman–Crippen LogP) is 3.31. The highest BCUT2D eigenvalue weighted by atomic mass is 32.2. The number of nitrogens with one attached hydrogen (secondary N) is 2. The van der Waals surface area contributed by atoms with Gasteiger partial charge in [0.25, 0.3) is 15.9 Å². The van der Waals surface area contributed by atoms with Crippen LogP contribution in [-0.4, -0.2) is 47.4 Å². The van der Waals surface area contributed by atoms with E-state index in [0.29, 0.717) is 31.1 Å². The molecule has 3 aromatic rings. The van der Waals surface area contributed by atoms with Crippen molar-refractivity contribution in [1.29, 1.82) is 0 Å². The number of carbonyl (C=O) groups is 1. The minimum absolute atomic E-state index is 0.0668. The summed E-state index contributed by atoms with van der Waals surface area (Å²) in [6, 6.07) is 18.0. The number of hydrogen-bond donors (Lipinski definition) is 2. The summed E-state index contributed by atoms with van der Waals surface area (Å²) in [5, 5.41) is 5.79. The molecule has 1 fully saturated rings. The van der Waals surface area contributed by atoms with Crippen LogP contribution in [0.5, 0.6) is 5.75 Å². The average Bonchev–Trinajstić information content (AvgIpc) is 3.73. The van der Waals surface area contributed by atoms with E-state index in [1.807, 2.05) is 24.3 Å². The normalized spacial score (nSPS) is 22.4. The molecule has 186 valence electrons. The van der Waals surface area contributed by atoms with E-state index < -0.39 is 27.3 Å².